The van der Waals surface area contributed by atoms with Gasteiger partial charge < -0.3 is 4.74 Å². The first kappa shape index (κ1) is 15.8. The van der Waals surface area contributed by atoms with Crippen LogP contribution in [0.2, 0.25) is 0 Å². The van der Waals surface area contributed by atoms with E-state index < -0.39 is 5.97 Å². The molecule has 0 unspecified atom stereocenters. The van der Waals surface area contributed by atoms with E-state index in [4.69, 9.17) is 4.74 Å². The van der Waals surface area contributed by atoms with Crippen molar-refractivity contribution in [2.24, 2.45) is 0 Å². The van der Waals surface area contributed by atoms with Crippen molar-refractivity contribution in [2.75, 3.05) is 0 Å². The Bertz CT molecular complexity index is 889. The summed E-state index contributed by atoms with van der Waals surface area (Å²) in [4.78, 5) is 29.7. The van der Waals surface area contributed by atoms with Gasteiger partial charge in [-0.05, 0) is 12.1 Å². The molecule has 0 atom stereocenters. The van der Waals surface area contributed by atoms with Crippen LogP contribution in [0.4, 0.5) is 0 Å². The molecule has 2 heterocycles. The second-order valence-electron chi connectivity index (χ2n) is 4.84. The fraction of sp³-hybridized carbons (Fsp3) is 0.118. The molecule has 0 radical (unpaired) electrons. The van der Waals surface area contributed by atoms with Crippen molar-refractivity contribution in [2.45, 2.75) is 12.3 Å². The topological polar surface area (TPSA) is 56.3 Å². The molecule has 23 heavy (non-hydrogen) atoms. The molecule has 0 spiro atoms. The quantitative estimate of drug-likeness (QED) is 0.378. The van der Waals surface area contributed by atoms with Gasteiger partial charge >= 0.3 is 5.97 Å². The van der Waals surface area contributed by atoms with Crippen molar-refractivity contribution in [3.8, 4) is 5.75 Å². The molecule has 0 saturated carbocycles. The van der Waals surface area contributed by atoms with Gasteiger partial charge in [0.1, 0.15) is 9.71 Å². The molecule has 2 aromatic heterocycles. The fourth-order valence-electron chi connectivity index (χ4n) is 2.18. The van der Waals surface area contributed by atoms with Gasteiger partial charge in [-0.25, -0.2) is 4.98 Å². The normalized spacial score (nSPS) is 10.7. The van der Waals surface area contributed by atoms with Crippen molar-refractivity contribution < 1.29 is 14.3 Å². The highest BCUT2D eigenvalue weighted by molar-refractivity contribution is 9.08. The summed E-state index contributed by atoms with van der Waals surface area (Å²) in [6.45, 7) is 1.32. The van der Waals surface area contributed by atoms with Crippen molar-refractivity contribution in [1.29, 1.82) is 0 Å². The minimum Gasteiger partial charge on any atom is -0.424 e. The Morgan fingerprint density at radius 2 is 1.91 bits per heavy atom. The third-order valence-corrected chi connectivity index (χ3v) is 4.85. The summed E-state index contributed by atoms with van der Waals surface area (Å²) in [6, 6.07) is 12.6. The Labute approximate surface area is 145 Å². The monoisotopic (exact) mass is 389 g/mol. The summed E-state index contributed by atoms with van der Waals surface area (Å²) in [7, 11) is 0. The number of ketones is 1. The fourth-order valence-corrected chi connectivity index (χ4v) is 3.58. The lowest BCUT2D eigenvalue weighted by atomic mass is 10.1. The molecule has 3 rings (SSSR count). The van der Waals surface area contributed by atoms with Crippen LogP contribution < -0.4 is 4.74 Å². The minimum atomic E-state index is -0.462. The number of esters is 1. The summed E-state index contributed by atoms with van der Waals surface area (Å²) in [5.41, 5.74) is 1.40. The number of carbonyl (C=O) groups excluding carboxylic acids is 2. The van der Waals surface area contributed by atoms with Crippen LogP contribution in [0.1, 0.15) is 27.9 Å². The highest BCUT2D eigenvalue weighted by atomic mass is 79.9. The van der Waals surface area contributed by atoms with Crippen LogP contribution in [-0.4, -0.2) is 16.7 Å². The minimum absolute atomic E-state index is 0.176. The van der Waals surface area contributed by atoms with Crippen LogP contribution >= 0.6 is 27.3 Å². The Morgan fingerprint density at radius 3 is 2.57 bits per heavy atom. The highest BCUT2D eigenvalue weighted by Gasteiger charge is 2.23. The zero-order valence-electron chi connectivity index (χ0n) is 12.2. The number of halogens is 1. The van der Waals surface area contributed by atoms with Crippen LogP contribution in [0.3, 0.4) is 0 Å². The first-order valence-corrected chi connectivity index (χ1v) is 8.80. The predicted octanol–water partition coefficient (Wildman–Crippen LogP) is 4.35. The number of ether oxygens (including phenoxy) is 1. The van der Waals surface area contributed by atoms with Gasteiger partial charge in [0.2, 0.25) is 5.78 Å². The third kappa shape index (κ3) is 3.18. The molecule has 6 heteroatoms. The van der Waals surface area contributed by atoms with Gasteiger partial charge in [-0.3, -0.25) is 9.59 Å². The molecule has 116 valence electrons. The summed E-state index contributed by atoms with van der Waals surface area (Å²) < 4.78 is 5.31. The Kier molecular flexibility index (Phi) is 4.54. The van der Waals surface area contributed by atoms with Gasteiger partial charge in [0, 0.05) is 17.8 Å². The van der Waals surface area contributed by atoms with Gasteiger partial charge in [0.25, 0.3) is 0 Å². The van der Waals surface area contributed by atoms with Crippen LogP contribution in [0, 0.1) is 0 Å². The number of pyridine rings is 1. The lowest BCUT2D eigenvalue weighted by Gasteiger charge is -2.04. The second-order valence-corrected chi connectivity index (χ2v) is 6.40. The van der Waals surface area contributed by atoms with Gasteiger partial charge in [0.05, 0.1) is 11.1 Å². The molecular formula is C17H12BrNO3S. The molecule has 0 aliphatic rings. The van der Waals surface area contributed by atoms with Crippen LogP contribution in [0.5, 0.6) is 5.75 Å². The molecule has 1 aromatic carbocycles. The molecular weight excluding hydrogens is 378 g/mol. The van der Waals surface area contributed by atoms with E-state index in [1.807, 2.05) is 18.2 Å². The maximum atomic E-state index is 12.8. The van der Waals surface area contributed by atoms with E-state index in [0.29, 0.717) is 31.7 Å². The molecule has 0 fully saturated rings. The number of nitrogens with zero attached hydrogens (tertiary/aromatic N) is 1. The number of fused-ring (bicyclic) bond motifs is 1. The molecule has 0 bridgehead atoms. The van der Waals surface area contributed by atoms with Crippen LogP contribution in [-0.2, 0) is 10.1 Å². The van der Waals surface area contributed by atoms with E-state index >= 15 is 0 Å². The standard InChI is InChI=1S/C17H12BrNO3S/c1-10(20)22-15-13-8-7-12(9-18)19-17(13)23-16(15)14(21)11-5-3-2-4-6-11/h2-8H,9H2,1H3. The van der Waals surface area contributed by atoms with Crippen molar-refractivity contribution >= 4 is 49.2 Å². The second kappa shape index (κ2) is 6.60. The number of benzene rings is 1. The number of hydrogen-bond acceptors (Lipinski definition) is 5. The molecule has 0 N–H and O–H groups in total. The van der Waals surface area contributed by atoms with E-state index in [1.54, 1.807) is 24.3 Å². The average Bonchev–Trinajstić information content (AvgIpc) is 2.92. The van der Waals surface area contributed by atoms with Gasteiger partial charge in [-0.2, -0.15) is 0 Å². The molecule has 0 aliphatic carbocycles. The van der Waals surface area contributed by atoms with Crippen molar-refractivity contribution in [3.63, 3.8) is 0 Å². The number of hydrogen-bond donors (Lipinski definition) is 0. The molecule has 0 amide bonds. The van der Waals surface area contributed by atoms with Crippen molar-refractivity contribution in [1.82, 2.24) is 4.98 Å². The number of carbonyl (C=O) groups is 2. The van der Waals surface area contributed by atoms with Gasteiger partial charge in [-0.1, -0.05) is 46.3 Å². The number of alkyl halides is 1. The lowest BCUT2D eigenvalue weighted by molar-refractivity contribution is -0.131. The Balaban J connectivity index is 2.18. The van der Waals surface area contributed by atoms with E-state index in [1.165, 1.54) is 18.3 Å². The maximum absolute atomic E-state index is 12.8. The number of thiophene rings is 1. The van der Waals surface area contributed by atoms with E-state index in [9.17, 15) is 9.59 Å². The largest absolute Gasteiger partial charge is 0.424 e. The SMILES string of the molecule is CC(=O)Oc1c(C(=O)c2ccccc2)sc2nc(CBr)ccc12. The first-order chi connectivity index (χ1) is 11.1. The zero-order chi connectivity index (χ0) is 16.4. The first-order valence-electron chi connectivity index (χ1n) is 6.86. The van der Waals surface area contributed by atoms with E-state index in [2.05, 4.69) is 20.9 Å². The summed E-state index contributed by atoms with van der Waals surface area (Å²) in [6.07, 6.45) is 0. The lowest BCUT2D eigenvalue weighted by Crippen LogP contribution is -2.06. The molecule has 3 aromatic rings. The smallest absolute Gasteiger partial charge is 0.308 e. The Morgan fingerprint density at radius 1 is 1.17 bits per heavy atom. The average molecular weight is 390 g/mol. The third-order valence-electron chi connectivity index (χ3n) is 3.19. The van der Waals surface area contributed by atoms with Crippen LogP contribution in [0.15, 0.2) is 42.5 Å². The van der Waals surface area contributed by atoms with E-state index in [-0.39, 0.29) is 5.78 Å². The predicted molar refractivity (Wildman–Crippen MR) is 93.4 cm³/mol. The maximum Gasteiger partial charge on any atom is 0.308 e. The highest BCUT2D eigenvalue weighted by Crippen LogP contribution is 2.38. The number of rotatable bonds is 4. The Hall–Kier alpha value is -2.05. The van der Waals surface area contributed by atoms with Gasteiger partial charge in [0.15, 0.2) is 5.75 Å². The van der Waals surface area contributed by atoms with Crippen molar-refractivity contribution in [3.05, 3.63) is 58.6 Å². The zero-order valence-corrected chi connectivity index (χ0v) is 14.6. The number of aromatic nitrogens is 1. The summed E-state index contributed by atoms with van der Waals surface area (Å²) in [5, 5.41) is 1.29. The summed E-state index contributed by atoms with van der Waals surface area (Å²) in [5.74, 6) is -0.346. The van der Waals surface area contributed by atoms with E-state index in [0.717, 1.165) is 5.69 Å². The molecule has 4 nitrogen and oxygen atoms in total. The molecule has 0 aliphatic heterocycles. The van der Waals surface area contributed by atoms with Crippen LogP contribution in [0.25, 0.3) is 10.2 Å². The molecule has 0 saturated heterocycles. The summed E-state index contributed by atoms with van der Waals surface area (Å²) >= 11 is 4.60. The van der Waals surface area contributed by atoms with Gasteiger partial charge in [-0.15, -0.1) is 11.3 Å².